The molecule has 1 aromatic carbocycles. The molecule has 0 aliphatic carbocycles. The molecule has 4 aliphatic heterocycles. The summed E-state index contributed by atoms with van der Waals surface area (Å²) in [6.07, 6.45) is -25.6. The van der Waals surface area contributed by atoms with Crippen molar-refractivity contribution >= 4 is 24.0 Å². The molecule has 17 unspecified atom stereocenters. The standard InChI is InChI=1S/C35H48O22/c1-15(38)51-28-24(43)22(41)18(10-36)53-33(28)56-27-20(12-48-21(40)9-8-17-6-4-3-5-7-17)55-32(52-16(2)39)29(26(27)45)57-31-25(44)23(42)19(11-49-31)54-34-30(46)35(47,13-37)14-50-34/h3-9,18-20,22-34,36-37,41-47H,10-14H2,1-2H3/b9-8+. The topological polar surface area (TPSA) is 326 Å². The fourth-order valence-corrected chi connectivity index (χ4v) is 6.42. The number of carbonyl (C=O) groups excluding carboxylic acids is 3. The quantitative estimate of drug-likeness (QED) is 0.0482. The van der Waals surface area contributed by atoms with Crippen molar-refractivity contribution in [2.45, 2.75) is 118 Å². The molecule has 0 radical (unpaired) electrons. The molecule has 0 amide bonds. The lowest BCUT2D eigenvalue weighted by atomic mass is 9.96. The van der Waals surface area contributed by atoms with Crippen LogP contribution in [0.1, 0.15) is 19.4 Å². The summed E-state index contributed by atoms with van der Waals surface area (Å²) in [4.78, 5) is 37.0. The number of esters is 3. The van der Waals surface area contributed by atoms with Gasteiger partial charge < -0.3 is 93.3 Å². The number of rotatable bonds is 14. The van der Waals surface area contributed by atoms with Gasteiger partial charge in [-0.25, -0.2) is 4.79 Å². The normalized spacial score (nSPS) is 41.1. The third kappa shape index (κ3) is 10.7. The first-order valence-corrected chi connectivity index (χ1v) is 17.8. The van der Waals surface area contributed by atoms with Gasteiger partial charge in [0.05, 0.1) is 26.4 Å². The molecule has 22 heteroatoms. The van der Waals surface area contributed by atoms with E-state index in [0.29, 0.717) is 5.56 Å². The van der Waals surface area contributed by atoms with Crippen molar-refractivity contribution in [1.82, 2.24) is 0 Å². The highest BCUT2D eigenvalue weighted by Gasteiger charge is 2.56. The lowest BCUT2D eigenvalue weighted by molar-refractivity contribution is -0.379. The summed E-state index contributed by atoms with van der Waals surface area (Å²) in [5.41, 5.74) is -1.39. The number of aliphatic hydroxyl groups excluding tert-OH is 8. The Labute approximate surface area is 324 Å². The van der Waals surface area contributed by atoms with Gasteiger partial charge in [-0.15, -0.1) is 0 Å². The monoisotopic (exact) mass is 820 g/mol. The number of carbonyl (C=O) groups is 3. The molecule has 320 valence electrons. The Bertz CT molecular complexity index is 1510. The van der Waals surface area contributed by atoms with Crippen LogP contribution in [-0.4, -0.2) is 201 Å². The summed E-state index contributed by atoms with van der Waals surface area (Å²) < 4.78 is 55.4. The number of hydrogen-bond acceptors (Lipinski definition) is 22. The first-order chi connectivity index (χ1) is 27.1. The minimum atomic E-state index is -2.05. The molecule has 4 heterocycles. The summed E-state index contributed by atoms with van der Waals surface area (Å²) in [7, 11) is 0. The molecule has 4 aliphatic rings. The number of hydrogen-bond donors (Lipinski definition) is 9. The fourth-order valence-electron chi connectivity index (χ4n) is 6.42. The lowest BCUT2D eigenvalue weighted by Gasteiger charge is -2.48. The molecule has 0 bridgehead atoms. The molecular weight excluding hydrogens is 772 g/mol. The van der Waals surface area contributed by atoms with Gasteiger partial charge in [-0.05, 0) is 11.6 Å². The van der Waals surface area contributed by atoms with Gasteiger partial charge in [0.1, 0.15) is 73.2 Å². The van der Waals surface area contributed by atoms with Crippen LogP contribution in [0.4, 0.5) is 0 Å². The third-order valence-electron chi connectivity index (χ3n) is 9.53. The van der Waals surface area contributed by atoms with Crippen molar-refractivity contribution in [2.24, 2.45) is 0 Å². The van der Waals surface area contributed by atoms with Crippen molar-refractivity contribution in [1.29, 1.82) is 0 Å². The number of aliphatic hydroxyl groups is 9. The van der Waals surface area contributed by atoms with Gasteiger partial charge >= 0.3 is 17.9 Å². The Morgan fingerprint density at radius 1 is 0.737 bits per heavy atom. The molecule has 0 aromatic heterocycles. The molecule has 4 fully saturated rings. The molecule has 5 rings (SSSR count). The highest BCUT2D eigenvalue weighted by Crippen LogP contribution is 2.35. The first-order valence-electron chi connectivity index (χ1n) is 17.8. The van der Waals surface area contributed by atoms with Gasteiger partial charge in [-0.3, -0.25) is 9.59 Å². The van der Waals surface area contributed by atoms with Crippen molar-refractivity contribution in [3.8, 4) is 0 Å². The molecule has 22 nitrogen and oxygen atoms in total. The Morgan fingerprint density at radius 2 is 1.40 bits per heavy atom. The Morgan fingerprint density at radius 3 is 2.04 bits per heavy atom. The van der Waals surface area contributed by atoms with Gasteiger partial charge in [0.2, 0.25) is 6.29 Å². The smallest absolute Gasteiger partial charge is 0.330 e. The maximum absolute atomic E-state index is 12.8. The van der Waals surface area contributed by atoms with Crippen LogP contribution in [0.2, 0.25) is 0 Å². The van der Waals surface area contributed by atoms with Gasteiger partial charge in [-0.2, -0.15) is 0 Å². The average Bonchev–Trinajstić information content (AvgIpc) is 3.47. The number of benzene rings is 1. The van der Waals surface area contributed by atoms with Crippen LogP contribution in [-0.2, 0) is 61.8 Å². The third-order valence-corrected chi connectivity index (χ3v) is 9.53. The van der Waals surface area contributed by atoms with Crippen LogP contribution < -0.4 is 0 Å². The Kier molecular flexibility index (Phi) is 15.5. The second kappa shape index (κ2) is 19.7. The molecule has 57 heavy (non-hydrogen) atoms. The van der Waals surface area contributed by atoms with E-state index in [1.807, 2.05) is 0 Å². The van der Waals surface area contributed by atoms with E-state index in [4.69, 9.17) is 47.4 Å². The fraction of sp³-hybridized carbons (Fsp3) is 0.686. The van der Waals surface area contributed by atoms with Crippen LogP contribution in [0.15, 0.2) is 36.4 Å². The average molecular weight is 821 g/mol. The maximum atomic E-state index is 12.8. The molecular formula is C35H48O22. The molecule has 17 atom stereocenters. The summed E-state index contributed by atoms with van der Waals surface area (Å²) >= 11 is 0. The van der Waals surface area contributed by atoms with Crippen molar-refractivity contribution in [3.63, 3.8) is 0 Å². The second-order valence-electron chi connectivity index (χ2n) is 13.7. The van der Waals surface area contributed by atoms with E-state index in [-0.39, 0.29) is 0 Å². The zero-order valence-electron chi connectivity index (χ0n) is 30.6. The Hall–Kier alpha value is -3.27. The van der Waals surface area contributed by atoms with E-state index in [0.717, 1.165) is 19.9 Å². The van der Waals surface area contributed by atoms with E-state index < -0.39 is 155 Å². The van der Waals surface area contributed by atoms with Gasteiger partial charge in [0.25, 0.3) is 0 Å². The van der Waals surface area contributed by atoms with Crippen LogP contribution in [0.5, 0.6) is 0 Å². The molecule has 0 spiro atoms. The summed E-state index contributed by atoms with van der Waals surface area (Å²) in [6, 6.07) is 8.70. The molecule has 4 saturated heterocycles. The number of ether oxygens (including phenoxy) is 10. The van der Waals surface area contributed by atoms with Gasteiger partial charge in [0.15, 0.2) is 31.1 Å². The predicted octanol–water partition coefficient (Wildman–Crippen LogP) is -5.06. The second-order valence-corrected chi connectivity index (χ2v) is 13.7. The minimum Gasteiger partial charge on any atom is -0.460 e. The van der Waals surface area contributed by atoms with E-state index in [2.05, 4.69) is 0 Å². The van der Waals surface area contributed by atoms with E-state index in [9.17, 15) is 60.3 Å². The SMILES string of the molecule is CC(=O)OC1OC(COC(=O)/C=C/c2ccccc2)C(OC2OC(CO)C(O)C(O)C2OC(C)=O)C(O)C1OC1OCC(OC2OCC(O)(CO)C2O)C(O)C1O. The van der Waals surface area contributed by atoms with Crippen molar-refractivity contribution < 1.29 is 108 Å². The summed E-state index contributed by atoms with van der Waals surface area (Å²) in [6.45, 7) is -1.49. The Balaban J connectivity index is 1.37. The first kappa shape index (κ1) is 44.8. The lowest BCUT2D eigenvalue weighted by Crippen LogP contribution is -2.67. The van der Waals surface area contributed by atoms with E-state index in [1.165, 1.54) is 6.08 Å². The van der Waals surface area contributed by atoms with Crippen LogP contribution >= 0.6 is 0 Å². The highest BCUT2D eigenvalue weighted by molar-refractivity contribution is 5.87. The summed E-state index contributed by atoms with van der Waals surface area (Å²) in [5, 5.41) is 94.9. The van der Waals surface area contributed by atoms with Crippen LogP contribution in [0.25, 0.3) is 6.08 Å². The van der Waals surface area contributed by atoms with E-state index in [1.54, 1.807) is 30.3 Å². The summed E-state index contributed by atoms with van der Waals surface area (Å²) in [5.74, 6) is -2.78. The zero-order valence-corrected chi connectivity index (χ0v) is 30.6. The van der Waals surface area contributed by atoms with Crippen molar-refractivity contribution in [3.05, 3.63) is 42.0 Å². The van der Waals surface area contributed by atoms with Crippen LogP contribution in [0.3, 0.4) is 0 Å². The van der Waals surface area contributed by atoms with Crippen LogP contribution in [0, 0.1) is 0 Å². The van der Waals surface area contributed by atoms with E-state index >= 15 is 0 Å². The van der Waals surface area contributed by atoms with Gasteiger partial charge in [0, 0.05) is 19.9 Å². The zero-order chi connectivity index (χ0) is 41.6. The predicted molar refractivity (Wildman–Crippen MR) is 180 cm³/mol. The highest BCUT2D eigenvalue weighted by atomic mass is 16.8. The molecule has 0 saturated carbocycles. The molecule has 1 aromatic rings. The maximum Gasteiger partial charge on any atom is 0.330 e. The molecule has 9 N–H and O–H groups in total. The van der Waals surface area contributed by atoms with Gasteiger partial charge in [-0.1, -0.05) is 30.3 Å². The largest absolute Gasteiger partial charge is 0.460 e. The minimum absolute atomic E-state index is 0.508. The van der Waals surface area contributed by atoms with Crippen molar-refractivity contribution in [2.75, 3.05) is 33.0 Å².